The number of rotatable bonds is 6. The molecule has 144 valence electrons. The van der Waals surface area contributed by atoms with Gasteiger partial charge < -0.3 is 18.9 Å². The lowest BCUT2D eigenvalue weighted by Gasteiger charge is -2.15. The molecule has 1 N–H and O–H groups in total. The summed E-state index contributed by atoms with van der Waals surface area (Å²) in [4.78, 5) is 20.2. The van der Waals surface area contributed by atoms with Crippen LogP contribution in [0, 0.1) is 0 Å². The minimum atomic E-state index is -0.512. The average Bonchev–Trinajstić information content (AvgIpc) is 3.16. The number of amides is 1. The molecule has 1 aromatic carbocycles. The van der Waals surface area contributed by atoms with Gasteiger partial charge in [-0.05, 0) is 36.4 Å². The summed E-state index contributed by atoms with van der Waals surface area (Å²) < 4.78 is 21.3. The Kier molecular flexibility index (Phi) is 4.81. The molecule has 2 aromatic heterocycles. The number of nitrogens with one attached hydrogen (secondary N) is 1. The Morgan fingerprint density at radius 3 is 2.79 bits per heavy atom. The molecule has 1 saturated heterocycles. The number of ether oxygens (including phenoxy) is 4. The van der Waals surface area contributed by atoms with Crippen LogP contribution in [0.2, 0.25) is 0 Å². The maximum atomic E-state index is 11.2. The van der Waals surface area contributed by atoms with E-state index in [1.54, 1.807) is 20.4 Å². The van der Waals surface area contributed by atoms with Gasteiger partial charge in [0.05, 0.1) is 30.8 Å². The molecule has 28 heavy (non-hydrogen) atoms. The largest absolute Gasteiger partial charge is 0.493 e. The maximum absolute atomic E-state index is 11.2. The fraction of sp³-hybridized carbons (Fsp3) is 0.211. The number of benzene rings is 1. The van der Waals surface area contributed by atoms with E-state index in [-0.39, 0.29) is 13.5 Å². The van der Waals surface area contributed by atoms with Gasteiger partial charge in [-0.15, -0.1) is 5.01 Å². The molecular weight excluding hydrogens is 364 g/mol. The smallest absolute Gasteiger partial charge is 0.423 e. The first-order chi connectivity index (χ1) is 13.7. The first kappa shape index (κ1) is 17.8. The molecule has 1 aliphatic rings. The number of aromatic nitrogens is 2. The van der Waals surface area contributed by atoms with Gasteiger partial charge in [0.15, 0.2) is 25.0 Å². The first-order valence-corrected chi connectivity index (χ1v) is 8.47. The summed E-state index contributed by atoms with van der Waals surface area (Å²) >= 11 is 0. The van der Waals surface area contributed by atoms with Crippen LogP contribution in [0.4, 0.5) is 4.79 Å². The van der Waals surface area contributed by atoms with Crippen LogP contribution in [0.1, 0.15) is 0 Å². The van der Waals surface area contributed by atoms with Crippen molar-refractivity contribution in [3.8, 4) is 28.6 Å². The molecule has 0 spiro atoms. The molecule has 9 nitrogen and oxygen atoms in total. The van der Waals surface area contributed by atoms with Crippen LogP contribution in [0.3, 0.4) is 0 Å². The highest BCUT2D eigenvalue weighted by atomic mass is 16.6. The molecule has 3 heterocycles. The number of carbonyl (C=O) groups is 1. The molecule has 0 aliphatic carbocycles. The van der Waals surface area contributed by atoms with Crippen LogP contribution in [-0.4, -0.2) is 48.8 Å². The van der Waals surface area contributed by atoms with Gasteiger partial charge in [0.2, 0.25) is 5.88 Å². The number of carbonyl (C=O) groups excluding carboxylic acids is 1. The zero-order valence-electron chi connectivity index (χ0n) is 15.3. The van der Waals surface area contributed by atoms with Crippen molar-refractivity contribution in [2.24, 2.45) is 0 Å². The van der Waals surface area contributed by atoms with Crippen LogP contribution in [0.15, 0.2) is 42.6 Å². The van der Waals surface area contributed by atoms with E-state index in [0.29, 0.717) is 23.1 Å². The lowest BCUT2D eigenvalue weighted by Crippen LogP contribution is -2.35. The first-order valence-electron chi connectivity index (χ1n) is 8.47. The summed E-state index contributed by atoms with van der Waals surface area (Å²) in [7, 11) is 3.17. The quantitative estimate of drug-likeness (QED) is 0.695. The number of hydrogen-bond donors (Lipinski definition) is 1. The predicted octanol–water partition coefficient (Wildman–Crippen LogP) is 2.56. The molecule has 0 atom stereocenters. The van der Waals surface area contributed by atoms with E-state index in [0.717, 1.165) is 16.5 Å². The molecule has 0 saturated carbocycles. The van der Waals surface area contributed by atoms with Crippen LogP contribution >= 0.6 is 0 Å². The minimum Gasteiger partial charge on any atom is -0.493 e. The van der Waals surface area contributed by atoms with Crippen molar-refractivity contribution in [1.29, 1.82) is 0 Å². The topological polar surface area (TPSA) is 95.0 Å². The molecule has 0 bridgehead atoms. The van der Waals surface area contributed by atoms with E-state index in [2.05, 4.69) is 15.4 Å². The van der Waals surface area contributed by atoms with Crippen LogP contribution in [0.5, 0.6) is 17.4 Å². The molecule has 1 amide bonds. The standard InChI is InChI=1S/C19H18N4O5/c1-25-16-6-5-12(8-17(16)26-2)14-9-15-13(4-3-7-20-15)18(21-14)27-10-23-11-28-19(24)22-23/h3-9H,10-11H2,1-2H3,(H,22,24). The summed E-state index contributed by atoms with van der Waals surface area (Å²) in [6.45, 7) is 0.183. The monoisotopic (exact) mass is 382 g/mol. The van der Waals surface area contributed by atoms with Gasteiger partial charge >= 0.3 is 6.09 Å². The lowest BCUT2D eigenvalue weighted by atomic mass is 10.1. The number of hydrazine groups is 1. The molecule has 0 unspecified atom stereocenters. The van der Waals surface area contributed by atoms with Crippen LogP contribution < -0.4 is 19.6 Å². The Balaban J connectivity index is 1.70. The van der Waals surface area contributed by atoms with Crippen molar-refractivity contribution in [1.82, 2.24) is 20.4 Å². The third kappa shape index (κ3) is 3.47. The minimum absolute atomic E-state index is 0.0815. The van der Waals surface area contributed by atoms with Crippen molar-refractivity contribution in [2.45, 2.75) is 0 Å². The maximum Gasteiger partial charge on any atom is 0.423 e. The molecule has 9 heteroatoms. The van der Waals surface area contributed by atoms with Crippen LogP contribution in [-0.2, 0) is 4.74 Å². The molecule has 1 fully saturated rings. The Bertz CT molecular complexity index is 1030. The Morgan fingerprint density at radius 1 is 1.18 bits per heavy atom. The van der Waals surface area contributed by atoms with E-state index < -0.39 is 6.09 Å². The number of nitrogens with zero attached hydrogens (tertiary/aromatic N) is 3. The van der Waals surface area contributed by atoms with Gasteiger partial charge in [-0.2, -0.15) is 0 Å². The van der Waals surface area contributed by atoms with Crippen LogP contribution in [0.25, 0.3) is 22.2 Å². The molecule has 1 aliphatic heterocycles. The fourth-order valence-electron chi connectivity index (χ4n) is 2.84. The second kappa shape index (κ2) is 7.57. The second-order valence-corrected chi connectivity index (χ2v) is 5.94. The van der Waals surface area contributed by atoms with Gasteiger partial charge in [0, 0.05) is 11.8 Å². The highest BCUT2D eigenvalue weighted by molar-refractivity contribution is 5.87. The number of methoxy groups -OCH3 is 2. The number of cyclic esters (lactones) is 1. The highest BCUT2D eigenvalue weighted by Crippen LogP contribution is 2.34. The van der Waals surface area contributed by atoms with Crippen molar-refractivity contribution in [3.63, 3.8) is 0 Å². The Morgan fingerprint density at radius 2 is 2.04 bits per heavy atom. The van der Waals surface area contributed by atoms with Gasteiger partial charge in [-0.3, -0.25) is 4.98 Å². The van der Waals surface area contributed by atoms with Gasteiger partial charge in [-0.1, -0.05) is 0 Å². The average molecular weight is 382 g/mol. The summed E-state index contributed by atoms with van der Waals surface area (Å²) in [5, 5.41) is 2.26. The van der Waals surface area contributed by atoms with E-state index in [4.69, 9.17) is 18.9 Å². The highest BCUT2D eigenvalue weighted by Gasteiger charge is 2.20. The van der Waals surface area contributed by atoms with E-state index >= 15 is 0 Å². The van der Waals surface area contributed by atoms with Crippen molar-refractivity contribution >= 4 is 17.0 Å². The lowest BCUT2D eigenvalue weighted by molar-refractivity contribution is 0.0718. The zero-order valence-corrected chi connectivity index (χ0v) is 15.3. The normalized spacial score (nSPS) is 13.9. The molecule has 4 rings (SSSR count). The fourth-order valence-corrected chi connectivity index (χ4v) is 2.84. The van der Waals surface area contributed by atoms with E-state index in [1.807, 2.05) is 36.4 Å². The molecule has 3 aromatic rings. The van der Waals surface area contributed by atoms with E-state index in [9.17, 15) is 4.79 Å². The van der Waals surface area contributed by atoms with Gasteiger partial charge in [0.25, 0.3) is 0 Å². The second-order valence-electron chi connectivity index (χ2n) is 5.94. The third-order valence-corrected chi connectivity index (χ3v) is 4.20. The third-order valence-electron chi connectivity index (χ3n) is 4.20. The Hall–Kier alpha value is -3.59. The summed E-state index contributed by atoms with van der Waals surface area (Å²) in [6, 6.07) is 11.1. The number of hydrogen-bond acceptors (Lipinski definition) is 8. The summed E-state index contributed by atoms with van der Waals surface area (Å²) in [5.74, 6) is 1.63. The van der Waals surface area contributed by atoms with Crippen molar-refractivity contribution in [3.05, 3.63) is 42.6 Å². The number of pyridine rings is 2. The molecular formula is C19H18N4O5. The Labute approximate surface area is 160 Å². The van der Waals surface area contributed by atoms with E-state index in [1.165, 1.54) is 5.01 Å². The van der Waals surface area contributed by atoms with Gasteiger partial charge in [-0.25, -0.2) is 15.2 Å². The van der Waals surface area contributed by atoms with Gasteiger partial charge in [0.1, 0.15) is 0 Å². The predicted molar refractivity (Wildman–Crippen MR) is 99.9 cm³/mol. The van der Waals surface area contributed by atoms with Crippen molar-refractivity contribution < 1.29 is 23.7 Å². The molecule has 0 radical (unpaired) electrons. The summed E-state index contributed by atoms with van der Waals surface area (Å²) in [5.41, 5.74) is 4.75. The van der Waals surface area contributed by atoms with Crippen molar-refractivity contribution in [2.75, 3.05) is 27.7 Å². The SMILES string of the molecule is COc1ccc(-c2cc3ncccc3c(OCN3COC(=O)N3)n2)cc1OC. The summed E-state index contributed by atoms with van der Waals surface area (Å²) in [6.07, 6.45) is 1.20. The zero-order chi connectivity index (χ0) is 19.5. The number of fused-ring (bicyclic) bond motifs is 1.